The van der Waals surface area contributed by atoms with Gasteiger partial charge in [-0.15, -0.1) is 10.2 Å². The van der Waals surface area contributed by atoms with Gasteiger partial charge < -0.3 is 10.6 Å². The Bertz CT molecular complexity index is 613. The lowest BCUT2D eigenvalue weighted by molar-refractivity contribution is 0.0933. The van der Waals surface area contributed by atoms with E-state index in [-0.39, 0.29) is 23.5 Å². The second-order valence-corrected chi connectivity index (χ2v) is 5.07. The fraction of sp³-hybridized carbons (Fsp3) is 0.312. The molecule has 1 unspecified atom stereocenters. The third-order valence-electron chi connectivity index (χ3n) is 3.27. The summed E-state index contributed by atoms with van der Waals surface area (Å²) in [6.07, 6.45) is 0.858. The van der Waals surface area contributed by atoms with Gasteiger partial charge in [-0.05, 0) is 43.2 Å². The molecular formula is C16H19FN4O. The highest BCUT2D eigenvalue weighted by Gasteiger charge is 2.10. The fourth-order valence-corrected chi connectivity index (χ4v) is 1.74. The molecule has 0 spiro atoms. The highest BCUT2D eigenvalue weighted by molar-refractivity contribution is 5.92. The number of carbonyl (C=O) groups excluding carboxylic acids is 1. The van der Waals surface area contributed by atoms with Gasteiger partial charge in [-0.3, -0.25) is 4.79 Å². The molecule has 0 saturated carbocycles. The maximum Gasteiger partial charge on any atom is 0.272 e. The molecule has 2 rings (SSSR count). The lowest BCUT2D eigenvalue weighted by Crippen LogP contribution is -2.32. The normalized spacial score (nSPS) is 11.8. The van der Waals surface area contributed by atoms with Crippen molar-refractivity contribution in [1.29, 1.82) is 0 Å². The quantitative estimate of drug-likeness (QED) is 0.861. The Balaban J connectivity index is 1.91. The number of hydrogen-bond acceptors (Lipinski definition) is 4. The number of nitrogens with zero attached hydrogens (tertiary/aromatic N) is 2. The van der Waals surface area contributed by atoms with E-state index >= 15 is 0 Å². The predicted octanol–water partition coefficient (Wildman–Crippen LogP) is 2.76. The van der Waals surface area contributed by atoms with E-state index in [0.29, 0.717) is 12.4 Å². The molecule has 0 bridgehead atoms. The van der Waals surface area contributed by atoms with Crippen LogP contribution in [0.4, 0.5) is 10.2 Å². The van der Waals surface area contributed by atoms with Crippen LogP contribution in [0.2, 0.25) is 0 Å². The largest absolute Gasteiger partial charge is 0.365 e. The van der Waals surface area contributed by atoms with Crippen LogP contribution in [0, 0.1) is 5.82 Å². The van der Waals surface area contributed by atoms with Crippen molar-refractivity contribution in [2.75, 3.05) is 5.32 Å². The zero-order valence-corrected chi connectivity index (χ0v) is 12.6. The topological polar surface area (TPSA) is 66.9 Å². The van der Waals surface area contributed by atoms with E-state index in [1.54, 1.807) is 24.3 Å². The molecule has 116 valence electrons. The van der Waals surface area contributed by atoms with E-state index in [9.17, 15) is 9.18 Å². The van der Waals surface area contributed by atoms with Gasteiger partial charge in [-0.1, -0.05) is 19.1 Å². The zero-order chi connectivity index (χ0) is 15.9. The summed E-state index contributed by atoms with van der Waals surface area (Å²) in [6, 6.07) is 9.63. The van der Waals surface area contributed by atoms with Gasteiger partial charge in [0.2, 0.25) is 0 Å². The first-order valence-electron chi connectivity index (χ1n) is 7.21. The summed E-state index contributed by atoms with van der Waals surface area (Å²) in [5, 5.41) is 13.8. The van der Waals surface area contributed by atoms with Gasteiger partial charge >= 0.3 is 0 Å². The van der Waals surface area contributed by atoms with Crippen molar-refractivity contribution >= 4 is 11.7 Å². The zero-order valence-electron chi connectivity index (χ0n) is 12.6. The molecule has 1 amide bonds. The lowest BCUT2D eigenvalue weighted by Gasteiger charge is -2.10. The summed E-state index contributed by atoms with van der Waals surface area (Å²) < 4.78 is 12.8. The molecule has 0 fully saturated rings. The van der Waals surface area contributed by atoms with Crippen molar-refractivity contribution in [3.8, 4) is 0 Å². The van der Waals surface area contributed by atoms with Gasteiger partial charge in [0.15, 0.2) is 5.69 Å². The molecular weight excluding hydrogens is 283 g/mol. The first-order valence-corrected chi connectivity index (χ1v) is 7.21. The van der Waals surface area contributed by atoms with Crippen LogP contribution in [0.3, 0.4) is 0 Å². The van der Waals surface area contributed by atoms with Crippen molar-refractivity contribution in [3.63, 3.8) is 0 Å². The minimum Gasteiger partial charge on any atom is -0.365 e. The van der Waals surface area contributed by atoms with Crippen molar-refractivity contribution in [2.24, 2.45) is 0 Å². The van der Waals surface area contributed by atoms with E-state index in [0.717, 1.165) is 12.0 Å². The highest BCUT2D eigenvalue weighted by Crippen LogP contribution is 2.07. The van der Waals surface area contributed by atoms with Gasteiger partial charge in [0.25, 0.3) is 5.91 Å². The molecule has 0 aliphatic heterocycles. The van der Waals surface area contributed by atoms with Crippen molar-refractivity contribution in [2.45, 2.75) is 32.9 Å². The third kappa shape index (κ3) is 4.51. The number of amides is 1. The van der Waals surface area contributed by atoms with Crippen LogP contribution in [0.25, 0.3) is 0 Å². The van der Waals surface area contributed by atoms with E-state index in [1.807, 2.05) is 13.8 Å². The molecule has 0 aliphatic rings. The molecule has 0 radical (unpaired) electrons. The average molecular weight is 302 g/mol. The molecule has 1 aromatic carbocycles. The Hall–Kier alpha value is -2.50. The van der Waals surface area contributed by atoms with E-state index in [2.05, 4.69) is 20.8 Å². The van der Waals surface area contributed by atoms with E-state index < -0.39 is 0 Å². The highest BCUT2D eigenvalue weighted by atomic mass is 19.1. The number of benzene rings is 1. The summed E-state index contributed by atoms with van der Waals surface area (Å²) in [5.74, 6) is 0.0663. The summed E-state index contributed by atoms with van der Waals surface area (Å²) >= 11 is 0. The number of rotatable bonds is 6. The monoisotopic (exact) mass is 302 g/mol. The van der Waals surface area contributed by atoms with Gasteiger partial charge in [0.1, 0.15) is 11.6 Å². The minimum absolute atomic E-state index is 0.102. The molecule has 22 heavy (non-hydrogen) atoms. The number of halogens is 1. The second-order valence-electron chi connectivity index (χ2n) is 5.07. The van der Waals surface area contributed by atoms with E-state index in [4.69, 9.17) is 0 Å². The Morgan fingerprint density at radius 1 is 1.18 bits per heavy atom. The third-order valence-corrected chi connectivity index (χ3v) is 3.27. The van der Waals surface area contributed by atoms with Crippen LogP contribution < -0.4 is 10.6 Å². The van der Waals surface area contributed by atoms with Crippen LogP contribution >= 0.6 is 0 Å². The molecule has 1 aromatic heterocycles. The van der Waals surface area contributed by atoms with Gasteiger partial charge in [-0.25, -0.2) is 4.39 Å². The first-order chi connectivity index (χ1) is 10.6. The number of anilines is 1. The van der Waals surface area contributed by atoms with E-state index in [1.165, 1.54) is 12.1 Å². The average Bonchev–Trinajstić information content (AvgIpc) is 2.54. The number of nitrogens with one attached hydrogen (secondary N) is 2. The maximum atomic E-state index is 12.8. The SMILES string of the molecule is CCC(C)NC(=O)c1ccc(NCc2ccc(F)cc2)nn1. The van der Waals surface area contributed by atoms with Gasteiger partial charge in [0.05, 0.1) is 0 Å². The van der Waals surface area contributed by atoms with Crippen LogP contribution in [-0.4, -0.2) is 22.1 Å². The summed E-state index contributed by atoms with van der Waals surface area (Å²) in [4.78, 5) is 11.9. The summed E-state index contributed by atoms with van der Waals surface area (Å²) in [5.41, 5.74) is 1.22. The van der Waals surface area contributed by atoms with Crippen molar-refractivity contribution in [1.82, 2.24) is 15.5 Å². The Labute approximate surface area is 129 Å². The van der Waals surface area contributed by atoms with Crippen molar-refractivity contribution in [3.05, 3.63) is 53.5 Å². The first kappa shape index (κ1) is 15.9. The number of aromatic nitrogens is 2. The smallest absolute Gasteiger partial charge is 0.272 e. The Kier molecular flexibility index (Phi) is 5.41. The molecule has 2 N–H and O–H groups in total. The number of hydrogen-bond donors (Lipinski definition) is 2. The van der Waals surface area contributed by atoms with Crippen LogP contribution in [0.15, 0.2) is 36.4 Å². The fourth-order valence-electron chi connectivity index (χ4n) is 1.74. The maximum absolute atomic E-state index is 12.8. The minimum atomic E-state index is -0.264. The lowest BCUT2D eigenvalue weighted by atomic mass is 10.2. The van der Waals surface area contributed by atoms with Gasteiger partial charge in [-0.2, -0.15) is 0 Å². The standard InChI is InChI=1S/C16H19FN4O/c1-3-11(2)19-16(22)14-8-9-15(21-20-14)18-10-12-4-6-13(17)7-5-12/h4-9,11H,3,10H2,1-2H3,(H,18,21)(H,19,22). The van der Waals surface area contributed by atoms with Crippen LogP contribution in [0.5, 0.6) is 0 Å². The Morgan fingerprint density at radius 2 is 1.91 bits per heavy atom. The molecule has 6 heteroatoms. The van der Waals surface area contributed by atoms with Crippen LogP contribution in [0.1, 0.15) is 36.3 Å². The molecule has 1 heterocycles. The molecule has 2 aromatic rings. The second kappa shape index (κ2) is 7.49. The van der Waals surface area contributed by atoms with Gasteiger partial charge in [0, 0.05) is 12.6 Å². The Morgan fingerprint density at radius 3 is 2.50 bits per heavy atom. The van der Waals surface area contributed by atoms with Crippen LogP contribution in [-0.2, 0) is 6.54 Å². The summed E-state index contributed by atoms with van der Waals surface area (Å²) in [6.45, 7) is 4.44. The molecule has 0 aliphatic carbocycles. The van der Waals surface area contributed by atoms with Crippen molar-refractivity contribution < 1.29 is 9.18 Å². The molecule has 5 nitrogen and oxygen atoms in total. The summed E-state index contributed by atoms with van der Waals surface area (Å²) in [7, 11) is 0. The molecule has 0 saturated heterocycles. The molecule has 1 atom stereocenters. The predicted molar refractivity (Wildman–Crippen MR) is 83.0 cm³/mol. The number of carbonyl (C=O) groups is 1.